The van der Waals surface area contributed by atoms with Gasteiger partial charge in [0.05, 0.1) is 24.9 Å². The van der Waals surface area contributed by atoms with Crippen molar-refractivity contribution in [1.82, 2.24) is 15.1 Å². The zero-order valence-electron chi connectivity index (χ0n) is 8.49. The van der Waals surface area contributed by atoms with Gasteiger partial charge in [-0.2, -0.15) is 5.10 Å². The normalized spacial score (nSPS) is 10.4. The molecule has 0 aromatic carbocycles. The second kappa shape index (κ2) is 5.51. The smallest absolute Gasteiger partial charge is 0.179 e. The van der Waals surface area contributed by atoms with Crippen molar-refractivity contribution < 1.29 is 9.53 Å². The number of carbonyl (C=O) groups excluding carboxylic acids is 1. The SMILES string of the molecule is COCCNCC(=O)c1cnn(C)c1. The number of nitrogens with zero attached hydrogens (tertiary/aromatic N) is 2. The van der Waals surface area contributed by atoms with Crippen LogP contribution in [-0.2, 0) is 11.8 Å². The molecule has 1 aromatic rings. The summed E-state index contributed by atoms with van der Waals surface area (Å²) in [5.41, 5.74) is 0.636. The Kier molecular flexibility index (Phi) is 4.28. The van der Waals surface area contributed by atoms with Gasteiger partial charge in [0.15, 0.2) is 5.78 Å². The predicted molar refractivity (Wildman–Crippen MR) is 52.3 cm³/mol. The number of ether oxygens (including phenoxy) is 1. The molecule has 1 heterocycles. The van der Waals surface area contributed by atoms with Crippen LogP contribution in [0.25, 0.3) is 0 Å². The molecule has 1 aromatic heterocycles. The van der Waals surface area contributed by atoms with E-state index < -0.39 is 0 Å². The van der Waals surface area contributed by atoms with Crippen molar-refractivity contribution in [3.63, 3.8) is 0 Å². The Morgan fingerprint density at radius 2 is 2.50 bits per heavy atom. The average Bonchev–Trinajstić information content (AvgIpc) is 2.59. The highest BCUT2D eigenvalue weighted by Gasteiger charge is 2.06. The number of carbonyl (C=O) groups is 1. The van der Waals surface area contributed by atoms with Crippen molar-refractivity contribution >= 4 is 5.78 Å². The van der Waals surface area contributed by atoms with Crippen molar-refractivity contribution in [2.24, 2.45) is 7.05 Å². The topological polar surface area (TPSA) is 56.1 Å². The fourth-order valence-corrected chi connectivity index (χ4v) is 1.04. The third kappa shape index (κ3) is 3.27. The summed E-state index contributed by atoms with van der Waals surface area (Å²) in [6.07, 6.45) is 3.28. The van der Waals surface area contributed by atoms with Crippen LogP contribution in [0.15, 0.2) is 12.4 Å². The lowest BCUT2D eigenvalue weighted by Gasteiger charge is -2.01. The molecule has 0 radical (unpaired) electrons. The van der Waals surface area contributed by atoms with E-state index in [0.29, 0.717) is 25.3 Å². The summed E-state index contributed by atoms with van der Waals surface area (Å²) >= 11 is 0. The van der Waals surface area contributed by atoms with Crippen LogP contribution in [0.2, 0.25) is 0 Å². The molecule has 0 saturated heterocycles. The molecule has 0 aliphatic rings. The van der Waals surface area contributed by atoms with Crippen LogP contribution in [0.1, 0.15) is 10.4 Å². The van der Waals surface area contributed by atoms with E-state index >= 15 is 0 Å². The van der Waals surface area contributed by atoms with E-state index in [1.54, 1.807) is 31.2 Å². The quantitative estimate of drug-likeness (QED) is 0.508. The van der Waals surface area contributed by atoms with Crippen LogP contribution >= 0.6 is 0 Å². The number of methoxy groups -OCH3 is 1. The third-order valence-electron chi connectivity index (χ3n) is 1.80. The Morgan fingerprint density at radius 1 is 1.71 bits per heavy atom. The van der Waals surface area contributed by atoms with Gasteiger partial charge in [-0.15, -0.1) is 0 Å². The highest BCUT2D eigenvalue weighted by Crippen LogP contribution is 1.96. The van der Waals surface area contributed by atoms with E-state index in [4.69, 9.17) is 4.74 Å². The van der Waals surface area contributed by atoms with E-state index in [1.165, 1.54) is 0 Å². The fourth-order valence-electron chi connectivity index (χ4n) is 1.04. The molecular weight excluding hydrogens is 182 g/mol. The number of Topliss-reactive ketones (excluding diaryl/α,β-unsaturated/α-hetero) is 1. The number of hydrogen-bond acceptors (Lipinski definition) is 4. The summed E-state index contributed by atoms with van der Waals surface area (Å²) in [5, 5.41) is 6.91. The number of rotatable bonds is 6. The Hall–Kier alpha value is -1.20. The maximum atomic E-state index is 11.5. The summed E-state index contributed by atoms with van der Waals surface area (Å²) in [7, 11) is 3.42. The second-order valence-corrected chi connectivity index (χ2v) is 3.00. The minimum atomic E-state index is 0.0502. The van der Waals surface area contributed by atoms with Crippen molar-refractivity contribution in [3.8, 4) is 0 Å². The average molecular weight is 197 g/mol. The van der Waals surface area contributed by atoms with Crippen LogP contribution in [-0.4, -0.2) is 42.4 Å². The molecule has 0 spiro atoms. The minimum absolute atomic E-state index is 0.0502. The minimum Gasteiger partial charge on any atom is -0.383 e. The molecule has 0 aliphatic carbocycles. The lowest BCUT2D eigenvalue weighted by Crippen LogP contribution is -2.26. The van der Waals surface area contributed by atoms with E-state index in [-0.39, 0.29) is 5.78 Å². The third-order valence-corrected chi connectivity index (χ3v) is 1.80. The Balaban J connectivity index is 2.29. The van der Waals surface area contributed by atoms with Gasteiger partial charge in [0, 0.05) is 26.9 Å². The van der Waals surface area contributed by atoms with Gasteiger partial charge in [-0.1, -0.05) is 0 Å². The highest BCUT2D eigenvalue weighted by atomic mass is 16.5. The summed E-state index contributed by atoms with van der Waals surface area (Å²) in [5.74, 6) is 0.0502. The Bertz CT molecular complexity index is 296. The van der Waals surface area contributed by atoms with Gasteiger partial charge in [0.1, 0.15) is 0 Å². The molecule has 1 N–H and O–H groups in total. The first-order chi connectivity index (χ1) is 6.74. The standard InChI is InChI=1S/C9H15N3O2/c1-12-7-8(5-11-12)9(13)6-10-3-4-14-2/h5,7,10H,3-4,6H2,1-2H3. The summed E-state index contributed by atoms with van der Waals surface area (Å²) in [6, 6.07) is 0. The van der Waals surface area contributed by atoms with Crippen molar-refractivity contribution in [3.05, 3.63) is 18.0 Å². The lowest BCUT2D eigenvalue weighted by molar-refractivity contribution is 0.0987. The van der Waals surface area contributed by atoms with E-state index in [2.05, 4.69) is 10.4 Å². The summed E-state index contributed by atoms with van der Waals surface area (Å²) in [6.45, 7) is 1.62. The first kappa shape index (κ1) is 10.9. The van der Waals surface area contributed by atoms with E-state index in [1.807, 2.05) is 0 Å². The number of aryl methyl sites for hydroxylation is 1. The second-order valence-electron chi connectivity index (χ2n) is 3.00. The first-order valence-corrected chi connectivity index (χ1v) is 4.45. The van der Waals surface area contributed by atoms with Gasteiger partial charge >= 0.3 is 0 Å². The molecule has 0 aliphatic heterocycles. The lowest BCUT2D eigenvalue weighted by atomic mass is 10.2. The Labute approximate surface area is 83.1 Å². The summed E-state index contributed by atoms with van der Waals surface area (Å²) < 4.78 is 6.46. The van der Waals surface area contributed by atoms with E-state index in [0.717, 1.165) is 0 Å². The number of ketones is 1. The molecule has 5 nitrogen and oxygen atoms in total. The van der Waals surface area contributed by atoms with Gasteiger partial charge in [-0.25, -0.2) is 0 Å². The molecule has 0 amide bonds. The maximum Gasteiger partial charge on any atom is 0.179 e. The van der Waals surface area contributed by atoms with Gasteiger partial charge in [0.2, 0.25) is 0 Å². The summed E-state index contributed by atoms with van der Waals surface area (Å²) in [4.78, 5) is 11.5. The molecule has 0 bridgehead atoms. The van der Waals surface area contributed by atoms with Crippen molar-refractivity contribution in [2.75, 3.05) is 26.8 Å². The maximum absolute atomic E-state index is 11.5. The predicted octanol–water partition coefficient (Wildman–Crippen LogP) is -0.161. The molecule has 0 unspecified atom stereocenters. The number of hydrogen-bond donors (Lipinski definition) is 1. The largest absolute Gasteiger partial charge is 0.383 e. The van der Waals surface area contributed by atoms with Crippen LogP contribution in [0.5, 0.6) is 0 Å². The fraction of sp³-hybridized carbons (Fsp3) is 0.556. The van der Waals surface area contributed by atoms with Gasteiger partial charge < -0.3 is 10.1 Å². The van der Waals surface area contributed by atoms with Crippen LogP contribution < -0.4 is 5.32 Å². The number of nitrogens with one attached hydrogen (secondary N) is 1. The molecule has 0 atom stereocenters. The van der Waals surface area contributed by atoms with Crippen molar-refractivity contribution in [2.45, 2.75) is 0 Å². The Morgan fingerprint density at radius 3 is 3.07 bits per heavy atom. The highest BCUT2D eigenvalue weighted by molar-refractivity contribution is 5.97. The van der Waals surface area contributed by atoms with Gasteiger partial charge in [-0.05, 0) is 0 Å². The van der Waals surface area contributed by atoms with Crippen molar-refractivity contribution in [1.29, 1.82) is 0 Å². The van der Waals surface area contributed by atoms with Gasteiger partial charge in [0.25, 0.3) is 0 Å². The molecule has 0 fully saturated rings. The molecule has 14 heavy (non-hydrogen) atoms. The monoisotopic (exact) mass is 197 g/mol. The molecular formula is C9H15N3O2. The van der Waals surface area contributed by atoms with Crippen LogP contribution in [0.4, 0.5) is 0 Å². The molecule has 78 valence electrons. The van der Waals surface area contributed by atoms with E-state index in [9.17, 15) is 4.79 Å². The molecule has 5 heteroatoms. The van der Waals surface area contributed by atoms with Gasteiger partial charge in [-0.3, -0.25) is 9.48 Å². The first-order valence-electron chi connectivity index (χ1n) is 4.45. The molecule has 1 rings (SSSR count). The molecule has 0 saturated carbocycles. The van der Waals surface area contributed by atoms with Crippen LogP contribution in [0, 0.1) is 0 Å². The van der Waals surface area contributed by atoms with Crippen LogP contribution in [0.3, 0.4) is 0 Å². The zero-order valence-corrected chi connectivity index (χ0v) is 8.49. The zero-order chi connectivity index (χ0) is 10.4. The number of aromatic nitrogens is 2.